The summed E-state index contributed by atoms with van der Waals surface area (Å²) >= 11 is 1.42. The highest BCUT2D eigenvalue weighted by atomic mass is 32.2. The van der Waals surface area contributed by atoms with E-state index in [2.05, 4.69) is 31.1 Å². The Balaban J connectivity index is 2.16. The van der Waals surface area contributed by atoms with Gasteiger partial charge in [-0.15, -0.1) is 0 Å². The molecule has 0 spiro atoms. The van der Waals surface area contributed by atoms with Crippen LogP contribution in [0.1, 0.15) is 20.8 Å². The third-order valence-corrected chi connectivity index (χ3v) is 2.68. The molecule has 1 unspecified atom stereocenters. The summed E-state index contributed by atoms with van der Waals surface area (Å²) in [6.45, 7) is 6.79. The van der Waals surface area contributed by atoms with E-state index in [1.165, 1.54) is 18.0 Å². The van der Waals surface area contributed by atoms with Crippen LogP contribution < -0.4 is 5.32 Å². The largest absolute Gasteiger partial charge is 0.440 e. The molecule has 4 nitrogen and oxygen atoms in total. The molecule has 2 N–H and O–H groups in total. The van der Waals surface area contributed by atoms with Crippen LogP contribution in [-0.2, 0) is 0 Å². The van der Waals surface area contributed by atoms with Crippen LogP contribution in [0.15, 0.2) is 22.1 Å². The van der Waals surface area contributed by atoms with Crippen molar-refractivity contribution in [2.45, 2.75) is 37.6 Å². The summed E-state index contributed by atoms with van der Waals surface area (Å²) in [7, 11) is 0. The van der Waals surface area contributed by atoms with Crippen LogP contribution in [0.5, 0.6) is 0 Å². The van der Waals surface area contributed by atoms with Crippen LogP contribution in [0.3, 0.4) is 0 Å². The van der Waals surface area contributed by atoms with Gasteiger partial charge in [0.25, 0.3) is 5.22 Å². The van der Waals surface area contributed by atoms with Crippen molar-refractivity contribution >= 4 is 11.8 Å². The minimum absolute atomic E-state index is 0.0363. The number of rotatable bonds is 5. The molecule has 1 atom stereocenters. The van der Waals surface area contributed by atoms with E-state index >= 15 is 0 Å². The summed E-state index contributed by atoms with van der Waals surface area (Å²) in [4.78, 5) is 3.96. The van der Waals surface area contributed by atoms with Crippen LogP contribution >= 0.6 is 11.8 Å². The van der Waals surface area contributed by atoms with Gasteiger partial charge in [-0.2, -0.15) is 0 Å². The fourth-order valence-corrected chi connectivity index (χ4v) is 1.64. The molecular weight excluding hydrogens is 212 g/mol. The SMILES string of the molecule is CC(C)(C)NCC(O)CSc1ncco1. The molecule has 1 rings (SSSR count). The van der Waals surface area contributed by atoms with Crippen molar-refractivity contribution in [2.75, 3.05) is 12.3 Å². The summed E-state index contributed by atoms with van der Waals surface area (Å²) in [5, 5.41) is 13.5. The van der Waals surface area contributed by atoms with Crippen molar-refractivity contribution in [1.82, 2.24) is 10.3 Å². The van der Waals surface area contributed by atoms with Gasteiger partial charge in [0.1, 0.15) is 6.26 Å². The first kappa shape index (κ1) is 12.5. The minimum Gasteiger partial charge on any atom is -0.440 e. The second-order valence-electron chi connectivity index (χ2n) is 4.39. The third-order valence-electron chi connectivity index (χ3n) is 1.68. The van der Waals surface area contributed by atoms with Gasteiger partial charge in [0.2, 0.25) is 0 Å². The number of hydrogen-bond acceptors (Lipinski definition) is 5. The maximum Gasteiger partial charge on any atom is 0.255 e. The van der Waals surface area contributed by atoms with Crippen molar-refractivity contribution < 1.29 is 9.52 Å². The molecule has 0 aliphatic heterocycles. The van der Waals surface area contributed by atoms with E-state index < -0.39 is 0 Å². The van der Waals surface area contributed by atoms with E-state index in [-0.39, 0.29) is 11.6 Å². The Bertz CT molecular complexity index is 269. The lowest BCUT2D eigenvalue weighted by molar-refractivity contribution is 0.183. The van der Waals surface area contributed by atoms with Crippen LogP contribution in [0.2, 0.25) is 0 Å². The number of oxazole rings is 1. The first-order valence-electron chi connectivity index (χ1n) is 4.93. The molecule has 0 aliphatic carbocycles. The molecule has 0 radical (unpaired) electrons. The van der Waals surface area contributed by atoms with Crippen molar-refractivity contribution in [3.63, 3.8) is 0 Å². The number of β-amino-alcohol motifs (C(OH)–C–C–N with tert-alkyl or cyclic N) is 1. The highest BCUT2D eigenvalue weighted by molar-refractivity contribution is 7.99. The fraction of sp³-hybridized carbons (Fsp3) is 0.700. The van der Waals surface area contributed by atoms with Gasteiger partial charge in [-0.1, -0.05) is 11.8 Å². The van der Waals surface area contributed by atoms with E-state index in [0.29, 0.717) is 17.5 Å². The van der Waals surface area contributed by atoms with Crippen molar-refractivity contribution in [3.8, 4) is 0 Å². The van der Waals surface area contributed by atoms with Gasteiger partial charge in [-0.3, -0.25) is 0 Å². The van der Waals surface area contributed by atoms with Crippen LogP contribution in [0.4, 0.5) is 0 Å². The molecule has 1 heterocycles. The predicted octanol–water partition coefficient (Wildman–Crippen LogP) is 1.52. The Labute approximate surface area is 94.5 Å². The molecule has 0 saturated carbocycles. The Morgan fingerprint density at radius 3 is 2.87 bits per heavy atom. The van der Waals surface area contributed by atoms with Gasteiger partial charge in [0.05, 0.1) is 12.3 Å². The molecule has 1 aromatic heterocycles. The van der Waals surface area contributed by atoms with Gasteiger partial charge >= 0.3 is 0 Å². The monoisotopic (exact) mass is 230 g/mol. The normalized spacial score (nSPS) is 14.1. The second kappa shape index (κ2) is 5.53. The van der Waals surface area contributed by atoms with E-state index in [9.17, 15) is 5.11 Å². The van der Waals surface area contributed by atoms with Crippen molar-refractivity contribution in [3.05, 3.63) is 12.5 Å². The number of aromatic nitrogens is 1. The Morgan fingerprint density at radius 2 is 2.33 bits per heavy atom. The quantitative estimate of drug-likeness (QED) is 0.751. The number of nitrogens with zero attached hydrogens (tertiary/aromatic N) is 1. The molecule has 0 aromatic carbocycles. The maximum absolute atomic E-state index is 9.66. The Hall–Kier alpha value is -0.520. The maximum atomic E-state index is 9.66. The molecule has 0 amide bonds. The van der Waals surface area contributed by atoms with E-state index in [0.717, 1.165) is 0 Å². The molecule has 0 aliphatic rings. The smallest absolute Gasteiger partial charge is 0.255 e. The van der Waals surface area contributed by atoms with Crippen LogP contribution in [0.25, 0.3) is 0 Å². The second-order valence-corrected chi connectivity index (χ2v) is 5.36. The number of hydrogen-bond donors (Lipinski definition) is 2. The lowest BCUT2D eigenvalue weighted by Crippen LogP contribution is -2.41. The molecule has 86 valence electrons. The Morgan fingerprint density at radius 1 is 1.60 bits per heavy atom. The average Bonchev–Trinajstić information content (AvgIpc) is 2.62. The molecular formula is C10H18N2O2S. The van der Waals surface area contributed by atoms with Gasteiger partial charge in [0, 0.05) is 17.8 Å². The Kier molecular flexibility index (Phi) is 4.63. The van der Waals surface area contributed by atoms with E-state index in [4.69, 9.17) is 4.42 Å². The number of thioether (sulfide) groups is 1. The lowest BCUT2D eigenvalue weighted by Gasteiger charge is -2.22. The fourth-order valence-electron chi connectivity index (χ4n) is 0.932. The molecule has 5 heteroatoms. The number of aliphatic hydroxyl groups is 1. The van der Waals surface area contributed by atoms with Crippen molar-refractivity contribution in [2.24, 2.45) is 0 Å². The summed E-state index contributed by atoms with van der Waals surface area (Å²) in [6.07, 6.45) is 2.74. The third kappa shape index (κ3) is 5.81. The number of nitrogens with one attached hydrogen (secondary N) is 1. The zero-order valence-corrected chi connectivity index (χ0v) is 10.2. The van der Waals surface area contributed by atoms with Crippen LogP contribution in [0, 0.1) is 0 Å². The summed E-state index contributed by atoms with van der Waals surface area (Å²) < 4.78 is 5.05. The molecule has 0 bridgehead atoms. The van der Waals surface area contributed by atoms with Crippen LogP contribution in [-0.4, -0.2) is 34.0 Å². The van der Waals surface area contributed by atoms with Gasteiger partial charge in [-0.25, -0.2) is 4.98 Å². The topological polar surface area (TPSA) is 58.3 Å². The lowest BCUT2D eigenvalue weighted by atomic mass is 10.1. The van der Waals surface area contributed by atoms with Gasteiger partial charge < -0.3 is 14.8 Å². The standard InChI is InChI=1S/C10H18N2O2S/c1-10(2,3)12-6-8(13)7-15-9-11-4-5-14-9/h4-5,8,12-13H,6-7H2,1-3H3. The first-order valence-corrected chi connectivity index (χ1v) is 5.91. The van der Waals surface area contributed by atoms with Gasteiger partial charge in [-0.05, 0) is 20.8 Å². The predicted molar refractivity (Wildman–Crippen MR) is 61.0 cm³/mol. The highest BCUT2D eigenvalue weighted by Gasteiger charge is 2.12. The summed E-state index contributed by atoms with van der Waals surface area (Å²) in [6, 6.07) is 0. The zero-order chi connectivity index (χ0) is 11.3. The minimum atomic E-state index is -0.388. The summed E-state index contributed by atoms with van der Waals surface area (Å²) in [5.74, 6) is 0.587. The van der Waals surface area contributed by atoms with E-state index in [1.54, 1.807) is 6.20 Å². The molecule has 0 saturated heterocycles. The van der Waals surface area contributed by atoms with Crippen molar-refractivity contribution in [1.29, 1.82) is 0 Å². The number of aliphatic hydroxyl groups excluding tert-OH is 1. The summed E-state index contributed by atoms with van der Waals surface area (Å²) in [5.41, 5.74) is 0.0363. The zero-order valence-electron chi connectivity index (χ0n) is 9.36. The van der Waals surface area contributed by atoms with E-state index in [1.807, 2.05) is 0 Å². The highest BCUT2D eigenvalue weighted by Crippen LogP contribution is 2.15. The molecule has 15 heavy (non-hydrogen) atoms. The average molecular weight is 230 g/mol. The molecule has 1 aromatic rings. The van der Waals surface area contributed by atoms with Gasteiger partial charge in [0.15, 0.2) is 0 Å². The molecule has 0 fully saturated rings. The first-order chi connectivity index (χ1) is 6.97.